The second-order valence-electron chi connectivity index (χ2n) is 4.38. The lowest BCUT2D eigenvalue weighted by Gasteiger charge is -2.19. The first kappa shape index (κ1) is 14.3. The molecule has 1 heterocycles. The van der Waals surface area contributed by atoms with Crippen LogP contribution in [0.2, 0.25) is 0 Å². The van der Waals surface area contributed by atoms with Crippen LogP contribution in [0.15, 0.2) is 12.1 Å². The van der Waals surface area contributed by atoms with E-state index in [1.165, 1.54) is 14.2 Å². The van der Waals surface area contributed by atoms with E-state index in [0.29, 0.717) is 42.0 Å². The Morgan fingerprint density at radius 1 is 1.35 bits per heavy atom. The van der Waals surface area contributed by atoms with Gasteiger partial charge in [0.15, 0.2) is 24.6 Å². The largest absolute Gasteiger partial charge is 0.493 e. The van der Waals surface area contributed by atoms with E-state index in [1.807, 2.05) is 0 Å². The van der Waals surface area contributed by atoms with Gasteiger partial charge in [-0.05, 0) is 12.5 Å². The molecule has 1 saturated heterocycles. The normalized spacial score (nSPS) is 14.5. The standard InChI is InChI=1S/C14H17NO5/c1-18-9-20-14-10(8-16)6-11(7-12(14)19-2)15-5-3-4-13(15)17/h6-8H,3-5,9H2,1-2H3. The average Bonchev–Trinajstić information content (AvgIpc) is 2.90. The zero-order valence-corrected chi connectivity index (χ0v) is 11.5. The van der Waals surface area contributed by atoms with Crippen LogP contribution in [0.5, 0.6) is 11.5 Å². The molecule has 1 aromatic rings. The van der Waals surface area contributed by atoms with Crippen LogP contribution in [0.25, 0.3) is 0 Å². The highest BCUT2D eigenvalue weighted by atomic mass is 16.7. The molecule has 1 amide bonds. The van der Waals surface area contributed by atoms with E-state index in [0.717, 1.165) is 6.42 Å². The Morgan fingerprint density at radius 2 is 2.15 bits per heavy atom. The molecule has 1 aromatic carbocycles. The second kappa shape index (κ2) is 6.38. The van der Waals surface area contributed by atoms with Crippen molar-refractivity contribution in [3.05, 3.63) is 17.7 Å². The quantitative estimate of drug-likeness (QED) is 0.585. The zero-order chi connectivity index (χ0) is 14.5. The highest BCUT2D eigenvalue weighted by molar-refractivity contribution is 5.97. The van der Waals surface area contributed by atoms with Crippen molar-refractivity contribution < 1.29 is 23.8 Å². The van der Waals surface area contributed by atoms with E-state index in [-0.39, 0.29) is 12.7 Å². The van der Waals surface area contributed by atoms with Crippen molar-refractivity contribution in [1.82, 2.24) is 0 Å². The molecule has 6 nitrogen and oxygen atoms in total. The van der Waals surface area contributed by atoms with Crippen LogP contribution < -0.4 is 14.4 Å². The van der Waals surface area contributed by atoms with Crippen LogP contribution in [0.3, 0.4) is 0 Å². The molecule has 0 aliphatic carbocycles. The molecular formula is C14H17NO5. The lowest BCUT2D eigenvalue weighted by molar-refractivity contribution is -0.117. The van der Waals surface area contributed by atoms with Crippen molar-refractivity contribution in [2.24, 2.45) is 0 Å². The highest BCUT2D eigenvalue weighted by Gasteiger charge is 2.24. The van der Waals surface area contributed by atoms with E-state index >= 15 is 0 Å². The number of carbonyl (C=O) groups is 2. The third-order valence-electron chi connectivity index (χ3n) is 3.12. The molecule has 1 fully saturated rings. The van der Waals surface area contributed by atoms with Crippen LogP contribution in [0.4, 0.5) is 5.69 Å². The Hall–Kier alpha value is -2.08. The number of nitrogens with zero attached hydrogens (tertiary/aromatic N) is 1. The monoisotopic (exact) mass is 279 g/mol. The minimum absolute atomic E-state index is 0.0131. The molecule has 0 spiro atoms. The van der Waals surface area contributed by atoms with E-state index in [2.05, 4.69) is 0 Å². The molecule has 1 aliphatic heterocycles. The van der Waals surface area contributed by atoms with Gasteiger partial charge < -0.3 is 19.1 Å². The fraction of sp³-hybridized carbons (Fsp3) is 0.429. The third-order valence-corrected chi connectivity index (χ3v) is 3.12. The number of benzene rings is 1. The summed E-state index contributed by atoms with van der Waals surface area (Å²) in [5, 5.41) is 0. The summed E-state index contributed by atoms with van der Waals surface area (Å²) in [6.45, 7) is 0.664. The van der Waals surface area contributed by atoms with Gasteiger partial charge >= 0.3 is 0 Å². The summed E-state index contributed by atoms with van der Waals surface area (Å²) < 4.78 is 15.4. The van der Waals surface area contributed by atoms with Crippen molar-refractivity contribution in [3.63, 3.8) is 0 Å². The smallest absolute Gasteiger partial charge is 0.227 e. The molecule has 6 heteroatoms. The van der Waals surface area contributed by atoms with Gasteiger partial charge in [-0.1, -0.05) is 0 Å². The molecule has 2 rings (SSSR count). The lowest BCUT2D eigenvalue weighted by Crippen LogP contribution is -2.24. The van der Waals surface area contributed by atoms with Gasteiger partial charge in [-0.15, -0.1) is 0 Å². The van der Waals surface area contributed by atoms with Gasteiger partial charge in [-0.25, -0.2) is 0 Å². The van der Waals surface area contributed by atoms with Gasteiger partial charge in [0.2, 0.25) is 5.91 Å². The van der Waals surface area contributed by atoms with Crippen LogP contribution in [-0.2, 0) is 9.53 Å². The van der Waals surface area contributed by atoms with E-state index in [1.54, 1.807) is 17.0 Å². The molecule has 0 unspecified atom stereocenters. The number of amides is 1. The second-order valence-corrected chi connectivity index (χ2v) is 4.38. The molecule has 0 radical (unpaired) electrons. The molecule has 0 bridgehead atoms. The summed E-state index contributed by atoms with van der Waals surface area (Å²) in [6, 6.07) is 3.32. The van der Waals surface area contributed by atoms with Crippen molar-refractivity contribution in [1.29, 1.82) is 0 Å². The molecule has 0 saturated carbocycles. The maximum atomic E-state index is 11.8. The van der Waals surface area contributed by atoms with Crippen LogP contribution in [0, 0.1) is 0 Å². The fourth-order valence-corrected chi connectivity index (χ4v) is 2.20. The number of hydrogen-bond donors (Lipinski definition) is 0. The molecule has 0 N–H and O–H groups in total. The SMILES string of the molecule is COCOc1c(C=O)cc(N2CCCC2=O)cc1OC. The van der Waals surface area contributed by atoms with Gasteiger partial charge in [0.05, 0.1) is 12.7 Å². The van der Waals surface area contributed by atoms with Gasteiger partial charge in [0.25, 0.3) is 0 Å². The zero-order valence-electron chi connectivity index (χ0n) is 11.5. The van der Waals surface area contributed by atoms with E-state index in [9.17, 15) is 9.59 Å². The lowest BCUT2D eigenvalue weighted by atomic mass is 10.1. The van der Waals surface area contributed by atoms with Crippen molar-refractivity contribution in [2.75, 3.05) is 32.5 Å². The Bertz CT molecular complexity index is 515. The molecule has 108 valence electrons. The van der Waals surface area contributed by atoms with Crippen LogP contribution >= 0.6 is 0 Å². The molecule has 1 aliphatic rings. The Kier molecular flexibility index (Phi) is 4.57. The average molecular weight is 279 g/mol. The summed E-state index contributed by atoms with van der Waals surface area (Å²) in [5.74, 6) is 0.774. The Morgan fingerprint density at radius 3 is 2.70 bits per heavy atom. The van der Waals surface area contributed by atoms with Crippen LogP contribution in [-0.4, -0.2) is 39.8 Å². The summed E-state index contributed by atoms with van der Waals surface area (Å²) in [6.07, 6.45) is 2.03. The number of carbonyl (C=O) groups excluding carboxylic acids is 2. The predicted molar refractivity (Wildman–Crippen MR) is 72.5 cm³/mol. The number of hydrogen-bond acceptors (Lipinski definition) is 5. The third kappa shape index (κ3) is 2.75. The number of ether oxygens (including phenoxy) is 3. The predicted octanol–water partition coefficient (Wildman–Crippen LogP) is 1.62. The summed E-state index contributed by atoms with van der Waals surface area (Å²) in [5.41, 5.74) is 0.979. The van der Waals surface area contributed by atoms with E-state index in [4.69, 9.17) is 14.2 Å². The molecule has 0 atom stereocenters. The van der Waals surface area contributed by atoms with Gasteiger partial charge in [-0.2, -0.15) is 0 Å². The summed E-state index contributed by atoms with van der Waals surface area (Å²) in [7, 11) is 2.98. The minimum Gasteiger partial charge on any atom is -0.493 e. The van der Waals surface area contributed by atoms with Crippen molar-refractivity contribution >= 4 is 17.9 Å². The Balaban J connectivity index is 2.40. The first-order valence-electron chi connectivity index (χ1n) is 6.30. The summed E-state index contributed by atoms with van der Waals surface area (Å²) >= 11 is 0. The van der Waals surface area contributed by atoms with Crippen molar-refractivity contribution in [3.8, 4) is 11.5 Å². The van der Waals surface area contributed by atoms with Gasteiger partial charge in [0.1, 0.15) is 0 Å². The minimum atomic E-state index is 0.0131. The molecule has 20 heavy (non-hydrogen) atoms. The fourth-order valence-electron chi connectivity index (χ4n) is 2.20. The van der Waals surface area contributed by atoms with Gasteiger partial charge in [0, 0.05) is 31.8 Å². The number of aldehydes is 1. The Labute approximate surface area is 117 Å². The molecular weight excluding hydrogens is 262 g/mol. The van der Waals surface area contributed by atoms with Crippen LogP contribution in [0.1, 0.15) is 23.2 Å². The van der Waals surface area contributed by atoms with E-state index < -0.39 is 0 Å². The topological polar surface area (TPSA) is 65.1 Å². The first-order chi connectivity index (χ1) is 9.71. The maximum Gasteiger partial charge on any atom is 0.227 e. The summed E-state index contributed by atoms with van der Waals surface area (Å²) in [4.78, 5) is 24.7. The highest BCUT2D eigenvalue weighted by Crippen LogP contribution is 2.36. The number of rotatable bonds is 6. The number of methoxy groups -OCH3 is 2. The van der Waals surface area contributed by atoms with Gasteiger partial charge in [-0.3, -0.25) is 9.59 Å². The number of anilines is 1. The molecule has 0 aromatic heterocycles. The first-order valence-corrected chi connectivity index (χ1v) is 6.30. The maximum absolute atomic E-state index is 11.8. The van der Waals surface area contributed by atoms with Crippen molar-refractivity contribution in [2.45, 2.75) is 12.8 Å².